The van der Waals surface area contributed by atoms with Gasteiger partial charge in [0.05, 0.1) is 6.54 Å². The summed E-state index contributed by atoms with van der Waals surface area (Å²) in [6.07, 6.45) is 0.897. The zero-order valence-corrected chi connectivity index (χ0v) is 12.9. The number of carbonyl (C=O) groups excluding carboxylic acids is 1. The number of nitrogens with one attached hydrogen (secondary N) is 2. The zero-order chi connectivity index (χ0) is 14.4. The minimum Gasteiger partial charge on any atom is -0.375 e. The van der Waals surface area contributed by atoms with Gasteiger partial charge >= 0.3 is 0 Å². The van der Waals surface area contributed by atoms with Gasteiger partial charge in [0, 0.05) is 15.8 Å². The smallest absolute Gasteiger partial charge is 0.243 e. The molecule has 0 fully saturated rings. The largest absolute Gasteiger partial charge is 0.375 e. The number of carbonyl (C=O) groups is 1. The third-order valence-electron chi connectivity index (χ3n) is 2.99. The van der Waals surface area contributed by atoms with Gasteiger partial charge in [-0.15, -0.1) is 0 Å². The summed E-state index contributed by atoms with van der Waals surface area (Å²) in [5.41, 5.74) is 2.93. The number of aryl methyl sites for hydroxylation is 1. The van der Waals surface area contributed by atoms with Crippen molar-refractivity contribution in [1.29, 1.82) is 0 Å². The lowest BCUT2D eigenvalue weighted by Gasteiger charge is -2.11. The molecule has 0 unspecified atom stereocenters. The molecule has 3 nitrogen and oxygen atoms in total. The van der Waals surface area contributed by atoms with E-state index in [1.54, 1.807) is 0 Å². The predicted octanol–water partition coefficient (Wildman–Crippen LogP) is 4.06. The summed E-state index contributed by atoms with van der Waals surface area (Å²) in [6, 6.07) is 15.6. The molecular formula is C16H17BrN2O. The molecule has 0 radical (unpaired) electrons. The monoisotopic (exact) mass is 332 g/mol. The molecule has 2 aromatic carbocycles. The molecule has 0 saturated heterocycles. The maximum absolute atomic E-state index is 12.0. The van der Waals surface area contributed by atoms with Crippen LogP contribution < -0.4 is 10.6 Å². The van der Waals surface area contributed by atoms with E-state index >= 15 is 0 Å². The Morgan fingerprint density at radius 2 is 1.70 bits per heavy atom. The Bertz CT molecular complexity index is 599. The van der Waals surface area contributed by atoms with E-state index in [0.717, 1.165) is 27.8 Å². The molecule has 0 aliphatic carbocycles. The highest BCUT2D eigenvalue weighted by Crippen LogP contribution is 2.21. The number of hydrogen-bond donors (Lipinski definition) is 2. The fourth-order valence-electron chi connectivity index (χ4n) is 1.93. The van der Waals surface area contributed by atoms with Crippen molar-refractivity contribution < 1.29 is 4.79 Å². The standard InChI is InChI=1S/C16H17BrN2O/c1-2-12-7-3-5-9-14(12)19-16(20)11-18-15-10-6-4-8-13(15)17/h3-10,18H,2,11H2,1H3,(H,19,20). The highest BCUT2D eigenvalue weighted by molar-refractivity contribution is 9.10. The Kier molecular flexibility index (Phi) is 5.18. The van der Waals surface area contributed by atoms with E-state index in [0.29, 0.717) is 0 Å². The highest BCUT2D eigenvalue weighted by atomic mass is 79.9. The Hall–Kier alpha value is -1.81. The van der Waals surface area contributed by atoms with Gasteiger partial charge in [-0.3, -0.25) is 4.79 Å². The molecule has 2 rings (SSSR count). The number of halogens is 1. The molecule has 20 heavy (non-hydrogen) atoms. The molecule has 1 amide bonds. The van der Waals surface area contributed by atoms with Crippen LogP contribution in [0, 0.1) is 0 Å². The van der Waals surface area contributed by atoms with Crippen molar-refractivity contribution in [3.63, 3.8) is 0 Å². The van der Waals surface area contributed by atoms with Crippen molar-refractivity contribution in [1.82, 2.24) is 0 Å². The molecule has 2 N–H and O–H groups in total. The summed E-state index contributed by atoms with van der Waals surface area (Å²) < 4.78 is 0.946. The minimum absolute atomic E-state index is 0.0540. The van der Waals surface area contributed by atoms with Crippen LogP contribution in [0.5, 0.6) is 0 Å². The first-order chi connectivity index (χ1) is 9.70. The fourth-order valence-corrected chi connectivity index (χ4v) is 2.35. The average molecular weight is 333 g/mol. The number of benzene rings is 2. The third-order valence-corrected chi connectivity index (χ3v) is 3.68. The number of hydrogen-bond acceptors (Lipinski definition) is 2. The summed E-state index contributed by atoms with van der Waals surface area (Å²) in [5, 5.41) is 6.05. The number of anilines is 2. The first-order valence-electron chi connectivity index (χ1n) is 6.57. The Morgan fingerprint density at radius 1 is 1.05 bits per heavy atom. The molecule has 0 heterocycles. The number of para-hydroxylation sites is 2. The van der Waals surface area contributed by atoms with Crippen LogP contribution >= 0.6 is 15.9 Å². The van der Waals surface area contributed by atoms with Crippen LogP contribution in [0.3, 0.4) is 0 Å². The van der Waals surface area contributed by atoms with E-state index in [9.17, 15) is 4.79 Å². The molecule has 4 heteroatoms. The number of rotatable bonds is 5. The molecular weight excluding hydrogens is 316 g/mol. The van der Waals surface area contributed by atoms with Gasteiger partial charge in [0.25, 0.3) is 0 Å². The van der Waals surface area contributed by atoms with Crippen molar-refractivity contribution in [2.24, 2.45) is 0 Å². The topological polar surface area (TPSA) is 41.1 Å². The van der Waals surface area contributed by atoms with E-state index in [-0.39, 0.29) is 12.5 Å². The van der Waals surface area contributed by atoms with Crippen molar-refractivity contribution in [3.05, 3.63) is 58.6 Å². The Morgan fingerprint density at radius 3 is 2.40 bits per heavy atom. The van der Waals surface area contributed by atoms with E-state index in [1.807, 2.05) is 48.5 Å². The second-order valence-electron chi connectivity index (χ2n) is 4.39. The van der Waals surface area contributed by atoms with Crippen LogP contribution in [-0.4, -0.2) is 12.5 Å². The fraction of sp³-hybridized carbons (Fsp3) is 0.188. The lowest BCUT2D eigenvalue weighted by molar-refractivity contribution is -0.114. The van der Waals surface area contributed by atoms with Crippen molar-refractivity contribution >= 4 is 33.2 Å². The van der Waals surface area contributed by atoms with E-state index < -0.39 is 0 Å². The van der Waals surface area contributed by atoms with Crippen molar-refractivity contribution in [3.8, 4) is 0 Å². The molecule has 104 valence electrons. The Balaban J connectivity index is 1.95. The van der Waals surface area contributed by atoms with Gasteiger partial charge in [0.1, 0.15) is 0 Å². The zero-order valence-electron chi connectivity index (χ0n) is 11.3. The van der Waals surface area contributed by atoms with Crippen LogP contribution in [0.15, 0.2) is 53.0 Å². The average Bonchev–Trinajstić information content (AvgIpc) is 2.47. The van der Waals surface area contributed by atoms with Gasteiger partial charge in [0.2, 0.25) is 5.91 Å². The minimum atomic E-state index is -0.0540. The van der Waals surface area contributed by atoms with Gasteiger partial charge in [0.15, 0.2) is 0 Å². The lowest BCUT2D eigenvalue weighted by atomic mass is 10.1. The molecule has 0 aliphatic heterocycles. The van der Waals surface area contributed by atoms with E-state index in [1.165, 1.54) is 0 Å². The molecule has 2 aromatic rings. The SMILES string of the molecule is CCc1ccccc1NC(=O)CNc1ccccc1Br. The maximum atomic E-state index is 12.0. The molecule has 0 bridgehead atoms. The summed E-state index contributed by atoms with van der Waals surface area (Å²) in [4.78, 5) is 12.0. The first kappa shape index (κ1) is 14.6. The normalized spacial score (nSPS) is 10.1. The second-order valence-corrected chi connectivity index (χ2v) is 5.25. The van der Waals surface area contributed by atoms with Crippen LogP contribution in [0.1, 0.15) is 12.5 Å². The summed E-state index contributed by atoms with van der Waals surface area (Å²) in [5.74, 6) is -0.0540. The number of amides is 1. The van der Waals surface area contributed by atoms with Crippen LogP contribution in [0.25, 0.3) is 0 Å². The van der Waals surface area contributed by atoms with Crippen molar-refractivity contribution in [2.75, 3.05) is 17.2 Å². The van der Waals surface area contributed by atoms with Gasteiger partial charge < -0.3 is 10.6 Å². The highest BCUT2D eigenvalue weighted by Gasteiger charge is 2.06. The van der Waals surface area contributed by atoms with E-state index in [2.05, 4.69) is 33.5 Å². The van der Waals surface area contributed by atoms with E-state index in [4.69, 9.17) is 0 Å². The quantitative estimate of drug-likeness (QED) is 0.866. The Labute approximate surface area is 127 Å². The van der Waals surface area contributed by atoms with Gasteiger partial charge in [-0.05, 0) is 46.1 Å². The molecule has 0 spiro atoms. The first-order valence-corrected chi connectivity index (χ1v) is 7.36. The summed E-state index contributed by atoms with van der Waals surface area (Å²) >= 11 is 3.44. The van der Waals surface area contributed by atoms with Crippen LogP contribution in [-0.2, 0) is 11.2 Å². The van der Waals surface area contributed by atoms with Crippen molar-refractivity contribution in [2.45, 2.75) is 13.3 Å². The summed E-state index contributed by atoms with van der Waals surface area (Å²) in [6.45, 7) is 2.31. The van der Waals surface area contributed by atoms with Crippen LogP contribution in [0.4, 0.5) is 11.4 Å². The lowest BCUT2D eigenvalue weighted by Crippen LogP contribution is -2.22. The molecule has 0 aliphatic rings. The second kappa shape index (κ2) is 7.10. The van der Waals surface area contributed by atoms with Crippen LogP contribution in [0.2, 0.25) is 0 Å². The third kappa shape index (κ3) is 3.84. The predicted molar refractivity (Wildman–Crippen MR) is 87.1 cm³/mol. The molecule has 0 aromatic heterocycles. The summed E-state index contributed by atoms with van der Waals surface area (Å²) in [7, 11) is 0. The molecule has 0 saturated carbocycles. The maximum Gasteiger partial charge on any atom is 0.243 e. The van der Waals surface area contributed by atoms with Gasteiger partial charge in [-0.25, -0.2) is 0 Å². The van der Waals surface area contributed by atoms with Gasteiger partial charge in [-0.1, -0.05) is 37.3 Å². The molecule has 0 atom stereocenters. The van der Waals surface area contributed by atoms with Gasteiger partial charge in [-0.2, -0.15) is 0 Å².